The minimum Gasteiger partial charge on any atom is -0.374 e. The van der Waals surface area contributed by atoms with Crippen LogP contribution in [0.4, 0.5) is 48.3 Å². The molecule has 0 radical (unpaired) electrons. The van der Waals surface area contributed by atoms with Crippen LogP contribution in [-0.4, -0.2) is 29.9 Å². The number of carbonyl (C=O) groups is 1. The van der Waals surface area contributed by atoms with Crippen LogP contribution in [0, 0.1) is 0 Å². The molecule has 0 fully saturated rings. The highest BCUT2D eigenvalue weighted by molar-refractivity contribution is 6.42. The number of rotatable bonds is 5. The summed E-state index contributed by atoms with van der Waals surface area (Å²) in [5.74, 6) is -8.30. The summed E-state index contributed by atoms with van der Waals surface area (Å²) in [7, 11) is 0. The standard InChI is InChI=1S/C25H13Cl2F11N2O2/c26-17-8-12(7-16(19(17)27)23(30,31)32)21(24(33,34)35)9-18(40-42-21)15-6-5-11(13-3-1-2-4-14(13)15)10-39-20(41)22(28,29)25(36,37)38/h1-8H,9-10H2,(H,39,41). The van der Waals surface area contributed by atoms with Crippen molar-refractivity contribution in [1.29, 1.82) is 0 Å². The van der Waals surface area contributed by atoms with E-state index in [1.807, 2.05) is 0 Å². The van der Waals surface area contributed by atoms with Crippen molar-refractivity contribution in [3.05, 3.63) is 80.8 Å². The van der Waals surface area contributed by atoms with Crippen molar-refractivity contribution in [2.24, 2.45) is 5.16 Å². The molecule has 1 heterocycles. The van der Waals surface area contributed by atoms with E-state index in [1.165, 1.54) is 29.6 Å². The number of carbonyl (C=O) groups excluding carboxylic acids is 1. The van der Waals surface area contributed by atoms with E-state index in [9.17, 15) is 53.1 Å². The Morgan fingerprint density at radius 1 is 0.905 bits per heavy atom. The molecule has 17 heteroatoms. The minimum atomic E-state index is -6.15. The molecule has 42 heavy (non-hydrogen) atoms. The van der Waals surface area contributed by atoms with E-state index in [0.717, 1.165) is 12.1 Å². The van der Waals surface area contributed by atoms with Gasteiger partial charge in [-0.15, -0.1) is 0 Å². The van der Waals surface area contributed by atoms with Crippen molar-refractivity contribution in [2.75, 3.05) is 0 Å². The molecule has 4 nitrogen and oxygen atoms in total. The normalized spacial score (nSPS) is 18.2. The molecule has 0 saturated heterocycles. The summed E-state index contributed by atoms with van der Waals surface area (Å²) < 4.78 is 148. The van der Waals surface area contributed by atoms with Gasteiger partial charge in [0.25, 0.3) is 5.60 Å². The number of nitrogens with zero attached hydrogens (tertiary/aromatic N) is 1. The maximum absolute atomic E-state index is 14.4. The summed E-state index contributed by atoms with van der Waals surface area (Å²) in [6, 6.07) is 8.57. The monoisotopic (exact) mass is 652 g/mol. The predicted octanol–water partition coefficient (Wildman–Crippen LogP) is 8.56. The Balaban J connectivity index is 1.73. The van der Waals surface area contributed by atoms with Gasteiger partial charge in [0, 0.05) is 24.1 Å². The zero-order chi connectivity index (χ0) is 31.5. The number of benzene rings is 3. The number of amides is 1. The Labute approximate surface area is 238 Å². The van der Waals surface area contributed by atoms with Gasteiger partial charge in [0.15, 0.2) is 0 Å². The number of fused-ring (bicyclic) bond motifs is 1. The number of halogens is 13. The Kier molecular flexibility index (Phi) is 7.85. The first-order valence-corrected chi connectivity index (χ1v) is 12.1. The molecule has 3 aromatic rings. The van der Waals surface area contributed by atoms with Gasteiger partial charge in [0.1, 0.15) is 0 Å². The van der Waals surface area contributed by atoms with Crippen molar-refractivity contribution in [3.63, 3.8) is 0 Å². The van der Waals surface area contributed by atoms with E-state index in [-0.39, 0.29) is 33.7 Å². The van der Waals surface area contributed by atoms with Crippen LogP contribution in [0.3, 0.4) is 0 Å². The zero-order valence-electron chi connectivity index (χ0n) is 20.2. The van der Waals surface area contributed by atoms with Gasteiger partial charge in [-0.05, 0) is 28.5 Å². The fraction of sp³-hybridized carbons (Fsp3) is 0.280. The summed E-state index contributed by atoms with van der Waals surface area (Å²) in [6.07, 6.45) is -17.8. The fourth-order valence-corrected chi connectivity index (χ4v) is 4.69. The van der Waals surface area contributed by atoms with Crippen LogP contribution >= 0.6 is 23.2 Å². The number of hydrogen-bond acceptors (Lipinski definition) is 3. The molecule has 1 amide bonds. The van der Waals surface area contributed by atoms with Crippen LogP contribution in [0.5, 0.6) is 0 Å². The van der Waals surface area contributed by atoms with Gasteiger partial charge in [0.05, 0.1) is 21.3 Å². The van der Waals surface area contributed by atoms with Crippen LogP contribution in [-0.2, 0) is 28.0 Å². The second-order valence-electron chi connectivity index (χ2n) is 9.02. The van der Waals surface area contributed by atoms with E-state index in [2.05, 4.69) is 5.16 Å². The van der Waals surface area contributed by atoms with E-state index >= 15 is 0 Å². The van der Waals surface area contributed by atoms with Crippen molar-refractivity contribution >= 4 is 45.6 Å². The average Bonchev–Trinajstić information content (AvgIpc) is 3.34. The number of hydrogen-bond donors (Lipinski definition) is 1. The lowest BCUT2D eigenvalue weighted by molar-refractivity contribution is -0.276. The van der Waals surface area contributed by atoms with Gasteiger partial charge in [-0.25, -0.2) is 0 Å². The van der Waals surface area contributed by atoms with E-state index < -0.39 is 70.1 Å². The molecule has 1 atom stereocenters. The predicted molar refractivity (Wildman–Crippen MR) is 128 cm³/mol. The lowest BCUT2D eigenvalue weighted by atomic mass is 9.84. The molecule has 0 spiro atoms. The van der Waals surface area contributed by atoms with Gasteiger partial charge >= 0.3 is 30.4 Å². The van der Waals surface area contributed by atoms with Crippen LogP contribution in [0.25, 0.3) is 10.8 Å². The van der Waals surface area contributed by atoms with E-state index in [0.29, 0.717) is 6.07 Å². The quantitative estimate of drug-likeness (QED) is 0.281. The van der Waals surface area contributed by atoms with Gasteiger partial charge in [0.2, 0.25) is 0 Å². The number of oxime groups is 1. The van der Waals surface area contributed by atoms with Crippen molar-refractivity contribution in [3.8, 4) is 0 Å². The summed E-state index contributed by atoms with van der Waals surface area (Å²) in [4.78, 5) is 16.3. The molecule has 3 aromatic carbocycles. The maximum atomic E-state index is 14.4. The molecule has 0 aliphatic carbocycles. The van der Waals surface area contributed by atoms with Crippen molar-refractivity contribution in [2.45, 2.75) is 43.0 Å². The molecule has 1 aliphatic rings. The Hall–Kier alpha value is -3.33. The number of nitrogens with one attached hydrogen (secondary N) is 1. The molecular formula is C25H13Cl2F11N2O2. The smallest absolute Gasteiger partial charge is 0.374 e. The van der Waals surface area contributed by atoms with Crippen molar-refractivity contribution < 1.29 is 57.9 Å². The second-order valence-corrected chi connectivity index (χ2v) is 9.81. The Morgan fingerprint density at radius 3 is 2.10 bits per heavy atom. The van der Waals surface area contributed by atoms with Gasteiger partial charge in [-0.2, -0.15) is 48.3 Å². The minimum absolute atomic E-state index is 0.0153. The first kappa shape index (κ1) is 31.6. The van der Waals surface area contributed by atoms with Crippen LogP contribution in [0.1, 0.15) is 28.7 Å². The summed E-state index contributed by atoms with van der Waals surface area (Å²) >= 11 is 11.3. The highest BCUT2D eigenvalue weighted by Crippen LogP contribution is 2.52. The highest BCUT2D eigenvalue weighted by Gasteiger charge is 2.64. The summed E-state index contributed by atoms with van der Waals surface area (Å²) in [5.41, 5.74) is -6.49. The topological polar surface area (TPSA) is 50.7 Å². The molecule has 1 N–H and O–H groups in total. The Bertz CT molecular complexity index is 1580. The van der Waals surface area contributed by atoms with Crippen LogP contribution in [0.15, 0.2) is 53.7 Å². The van der Waals surface area contributed by atoms with Gasteiger partial charge in [-0.3, -0.25) is 4.79 Å². The third-order valence-electron chi connectivity index (χ3n) is 6.39. The third-order valence-corrected chi connectivity index (χ3v) is 7.19. The molecule has 1 unspecified atom stereocenters. The molecule has 0 bridgehead atoms. The lowest BCUT2D eigenvalue weighted by Gasteiger charge is -2.30. The second kappa shape index (κ2) is 10.4. The molecule has 0 saturated carbocycles. The number of alkyl halides is 11. The molecule has 226 valence electrons. The van der Waals surface area contributed by atoms with E-state index in [1.54, 1.807) is 0 Å². The fourth-order valence-electron chi connectivity index (χ4n) is 4.26. The van der Waals surface area contributed by atoms with Gasteiger partial charge < -0.3 is 10.2 Å². The largest absolute Gasteiger partial charge is 0.463 e. The average molecular weight is 653 g/mol. The summed E-state index contributed by atoms with van der Waals surface area (Å²) in [6.45, 7) is -0.815. The molecular weight excluding hydrogens is 640 g/mol. The molecule has 1 aliphatic heterocycles. The zero-order valence-corrected chi connectivity index (χ0v) is 21.7. The maximum Gasteiger partial charge on any atom is 0.463 e. The third kappa shape index (κ3) is 5.43. The lowest BCUT2D eigenvalue weighted by Crippen LogP contribution is -2.50. The van der Waals surface area contributed by atoms with Crippen molar-refractivity contribution in [1.82, 2.24) is 5.32 Å². The van der Waals surface area contributed by atoms with E-state index in [4.69, 9.17) is 28.0 Å². The molecule has 0 aromatic heterocycles. The molecule has 4 rings (SSSR count). The SMILES string of the molecule is O=C(NCc1ccc(C2=NOC(c3cc(Cl)c(Cl)c(C(F)(F)F)c3)(C(F)(F)F)C2)c2ccccc12)C(F)(F)C(F)(F)F. The first-order chi connectivity index (χ1) is 19.2. The Morgan fingerprint density at radius 2 is 1.52 bits per heavy atom. The van der Waals surface area contributed by atoms with Gasteiger partial charge in [-0.1, -0.05) is 64.8 Å². The first-order valence-electron chi connectivity index (χ1n) is 11.3. The summed E-state index contributed by atoms with van der Waals surface area (Å²) in [5, 5.41) is 3.39. The van der Waals surface area contributed by atoms with Crippen LogP contribution in [0.2, 0.25) is 10.0 Å². The highest BCUT2D eigenvalue weighted by atomic mass is 35.5. The van der Waals surface area contributed by atoms with Crippen LogP contribution < -0.4 is 5.32 Å².